The van der Waals surface area contributed by atoms with Crippen LogP contribution in [0.15, 0.2) is 70.0 Å². The summed E-state index contributed by atoms with van der Waals surface area (Å²) in [5.74, 6) is 0.151. The van der Waals surface area contributed by atoms with Crippen molar-refractivity contribution >= 4 is 69.4 Å². The molecule has 31 heavy (non-hydrogen) atoms. The van der Waals surface area contributed by atoms with Crippen LogP contribution in [0.2, 0.25) is 10.0 Å². The van der Waals surface area contributed by atoms with Gasteiger partial charge in [-0.15, -0.1) is 0 Å². The van der Waals surface area contributed by atoms with Gasteiger partial charge in [0.05, 0.1) is 26.9 Å². The molecule has 2 heterocycles. The molecule has 9 heteroatoms. The van der Waals surface area contributed by atoms with Crippen LogP contribution in [-0.2, 0) is 16.0 Å². The van der Waals surface area contributed by atoms with Crippen LogP contribution >= 0.6 is 47.2 Å². The normalized spacial score (nSPS) is 15.0. The topological polar surface area (TPSA) is 62.6 Å². The molecular formula is C22H14Cl2N2O3S2. The van der Waals surface area contributed by atoms with Gasteiger partial charge < -0.3 is 4.42 Å². The van der Waals surface area contributed by atoms with Gasteiger partial charge in [-0.2, -0.15) is 5.01 Å². The van der Waals surface area contributed by atoms with Crippen LogP contribution in [0.25, 0.3) is 17.4 Å². The van der Waals surface area contributed by atoms with Crippen LogP contribution in [0.5, 0.6) is 0 Å². The first-order valence-electron chi connectivity index (χ1n) is 9.08. The van der Waals surface area contributed by atoms with Crippen molar-refractivity contribution < 1.29 is 14.0 Å². The number of amides is 2. The van der Waals surface area contributed by atoms with Crippen molar-refractivity contribution in [3.05, 3.63) is 86.9 Å². The zero-order valence-electron chi connectivity index (χ0n) is 15.8. The molecule has 1 aromatic heterocycles. The van der Waals surface area contributed by atoms with Crippen molar-refractivity contribution in [3.63, 3.8) is 0 Å². The number of hydrogen-bond donors (Lipinski definition) is 1. The first kappa shape index (κ1) is 21.6. The fourth-order valence-corrected chi connectivity index (χ4v) is 4.68. The van der Waals surface area contributed by atoms with Gasteiger partial charge in [-0.3, -0.25) is 15.0 Å². The van der Waals surface area contributed by atoms with Crippen LogP contribution in [0.1, 0.15) is 11.3 Å². The molecule has 2 aromatic carbocycles. The highest BCUT2D eigenvalue weighted by atomic mass is 35.5. The third-order valence-corrected chi connectivity index (χ3v) is 6.28. The maximum absolute atomic E-state index is 12.7. The quantitative estimate of drug-likeness (QED) is 0.367. The Labute approximate surface area is 198 Å². The Morgan fingerprint density at radius 3 is 2.48 bits per heavy atom. The molecule has 1 fully saturated rings. The van der Waals surface area contributed by atoms with E-state index in [-0.39, 0.29) is 16.6 Å². The van der Waals surface area contributed by atoms with E-state index in [1.54, 1.807) is 36.4 Å². The summed E-state index contributed by atoms with van der Waals surface area (Å²) in [6.45, 7) is 0. The van der Waals surface area contributed by atoms with Crippen LogP contribution in [-0.4, -0.2) is 21.1 Å². The molecule has 156 valence electrons. The molecule has 0 aliphatic carbocycles. The minimum atomic E-state index is -0.426. The molecule has 3 aromatic rings. The number of hydrazine groups is 1. The highest BCUT2D eigenvalue weighted by Gasteiger charge is 2.34. The summed E-state index contributed by atoms with van der Waals surface area (Å²) in [7, 11) is 0. The maximum Gasteiger partial charge on any atom is 0.285 e. The number of carbonyl (C=O) groups excluding carboxylic acids is 2. The second-order valence-electron chi connectivity index (χ2n) is 6.51. The maximum atomic E-state index is 12.7. The zero-order valence-corrected chi connectivity index (χ0v) is 18.9. The summed E-state index contributed by atoms with van der Waals surface area (Å²) >= 11 is 18.8. The van der Waals surface area contributed by atoms with Crippen molar-refractivity contribution in [2.75, 3.05) is 0 Å². The lowest BCUT2D eigenvalue weighted by atomic mass is 10.1. The summed E-state index contributed by atoms with van der Waals surface area (Å²) in [5, 5.41) is 1.99. The lowest BCUT2D eigenvalue weighted by Crippen LogP contribution is -2.45. The molecule has 0 spiro atoms. The van der Waals surface area contributed by atoms with E-state index in [0.29, 0.717) is 32.0 Å². The molecular weight excluding hydrogens is 475 g/mol. The minimum absolute atomic E-state index is 0.136. The van der Waals surface area contributed by atoms with Crippen molar-refractivity contribution in [2.24, 2.45) is 0 Å². The average molecular weight is 489 g/mol. The number of benzene rings is 2. The second-order valence-corrected chi connectivity index (χ2v) is 9.00. The van der Waals surface area contributed by atoms with Crippen LogP contribution in [0.3, 0.4) is 0 Å². The molecule has 0 unspecified atom stereocenters. The summed E-state index contributed by atoms with van der Waals surface area (Å²) in [5.41, 5.74) is 3.98. The average Bonchev–Trinajstić information content (AvgIpc) is 3.29. The monoisotopic (exact) mass is 488 g/mol. The van der Waals surface area contributed by atoms with Gasteiger partial charge in [0.25, 0.3) is 5.91 Å². The van der Waals surface area contributed by atoms with Crippen LogP contribution in [0.4, 0.5) is 0 Å². The van der Waals surface area contributed by atoms with E-state index < -0.39 is 5.91 Å². The summed E-state index contributed by atoms with van der Waals surface area (Å²) < 4.78 is 6.05. The smallest absolute Gasteiger partial charge is 0.285 e. The Balaban J connectivity index is 1.49. The molecule has 0 radical (unpaired) electrons. The summed E-state index contributed by atoms with van der Waals surface area (Å²) in [6.07, 6.45) is 1.70. The van der Waals surface area contributed by atoms with Crippen molar-refractivity contribution in [1.82, 2.24) is 10.4 Å². The van der Waals surface area contributed by atoms with Crippen molar-refractivity contribution in [3.8, 4) is 11.3 Å². The first-order chi connectivity index (χ1) is 14.9. The molecule has 1 aliphatic heterocycles. The van der Waals surface area contributed by atoms with E-state index in [1.165, 1.54) is 0 Å². The Morgan fingerprint density at radius 1 is 1.06 bits per heavy atom. The van der Waals surface area contributed by atoms with Gasteiger partial charge in [0.1, 0.15) is 11.5 Å². The fourth-order valence-electron chi connectivity index (χ4n) is 2.94. The van der Waals surface area contributed by atoms with Gasteiger partial charge in [-0.05, 0) is 42.0 Å². The molecule has 0 saturated carbocycles. The number of rotatable bonds is 5. The number of nitrogens with one attached hydrogen (secondary N) is 1. The second kappa shape index (κ2) is 9.28. The molecule has 5 nitrogen and oxygen atoms in total. The first-order valence-corrected chi connectivity index (χ1v) is 11.1. The van der Waals surface area contributed by atoms with Crippen molar-refractivity contribution in [2.45, 2.75) is 6.42 Å². The predicted octanol–water partition coefficient (Wildman–Crippen LogP) is 5.73. The van der Waals surface area contributed by atoms with Gasteiger partial charge in [0.2, 0.25) is 5.91 Å². The highest BCUT2D eigenvalue weighted by Crippen LogP contribution is 2.37. The fraction of sp³-hybridized carbons (Fsp3) is 0.0455. The summed E-state index contributed by atoms with van der Waals surface area (Å²) in [4.78, 5) is 25.4. The SMILES string of the molecule is O=C(Cc1ccccc1)NN1C(=O)C(=Cc2ccc(-c3c(Cl)cccc3Cl)o2)SC1=S. The predicted molar refractivity (Wildman–Crippen MR) is 127 cm³/mol. The Hall–Kier alpha value is -2.58. The Morgan fingerprint density at radius 2 is 1.77 bits per heavy atom. The van der Waals surface area contributed by atoms with Gasteiger partial charge in [0, 0.05) is 6.08 Å². The lowest BCUT2D eigenvalue weighted by Gasteiger charge is -2.15. The van der Waals surface area contributed by atoms with E-state index in [9.17, 15) is 9.59 Å². The standard InChI is InChI=1S/C22H14Cl2N2O3S2/c23-15-7-4-8-16(24)20(15)17-10-9-14(29-17)12-18-21(28)26(22(30)31-18)25-19(27)11-13-5-2-1-3-6-13/h1-10,12H,11H2,(H,25,27). The molecule has 2 amide bonds. The van der Waals surface area contributed by atoms with E-state index in [0.717, 1.165) is 22.3 Å². The molecule has 1 aliphatic rings. The number of carbonyl (C=O) groups is 2. The lowest BCUT2D eigenvalue weighted by molar-refractivity contribution is -0.132. The zero-order chi connectivity index (χ0) is 22.0. The molecule has 0 bridgehead atoms. The highest BCUT2D eigenvalue weighted by molar-refractivity contribution is 8.26. The Bertz CT molecular complexity index is 1190. The van der Waals surface area contributed by atoms with Gasteiger partial charge in [-0.25, -0.2) is 0 Å². The summed E-state index contributed by atoms with van der Waals surface area (Å²) in [6, 6.07) is 17.8. The molecule has 1 N–H and O–H groups in total. The van der Waals surface area contributed by atoms with Crippen LogP contribution in [0, 0.1) is 0 Å². The van der Waals surface area contributed by atoms with Gasteiger partial charge in [-0.1, -0.05) is 71.4 Å². The number of halogens is 2. The van der Waals surface area contributed by atoms with Crippen LogP contribution < -0.4 is 5.43 Å². The van der Waals surface area contributed by atoms with Crippen molar-refractivity contribution in [1.29, 1.82) is 0 Å². The number of thiocarbonyl (C=S) groups is 1. The number of thioether (sulfide) groups is 1. The molecule has 0 atom stereocenters. The van der Waals surface area contributed by atoms with E-state index in [4.69, 9.17) is 39.8 Å². The molecule has 1 saturated heterocycles. The minimum Gasteiger partial charge on any atom is -0.457 e. The third kappa shape index (κ3) is 4.85. The third-order valence-electron chi connectivity index (χ3n) is 4.35. The van der Waals surface area contributed by atoms with E-state index in [1.807, 2.05) is 30.3 Å². The van der Waals surface area contributed by atoms with Gasteiger partial charge >= 0.3 is 0 Å². The van der Waals surface area contributed by atoms with Gasteiger partial charge in [0.15, 0.2) is 4.32 Å². The largest absolute Gasteiger partial charge is 0.457 e. The number of furan rings is 1. The number of nitrogens with zero attached hydrogens (tertiary/aromatic N) is 1. The van der Waals surface area contributed by atoms with E-state index >= 15 is 0 Å². The number of hydrogen-bond acceptors (Lipinski definition) is 5. The molecule has 4 rings (SSSR count). The van der Waals surface area contributed by atoms with E-state index in [2.05, 4.69) is 5.43 Å². The Kier molecular flexibility index (Phi) is 6.48.